The molecule has 1 aromatic rings. The average molecular weight is 218 g/mol. The van der Waals surface area contributed by atoms with Gasteiger partial charge in [-0.2, -0.15) is 0 Å². The quantitative estimate of drug-likeness (QED) is 0.728. The molecule has 86 valence electrons. The van der Waals surface area contributed by atoms with Gasteiger partial charge in [-0.25, -0.2) is 0 Å². The first-order valence-electron chi connectivity index (χ1n) is 5.49. The molecule has 0 fully saturated rings. The number of aldehydes is 1. The molecule has 1 rings (SSSR count). The number of rotatable bonds is 4. The van der Waals surface area contributed by atoms with Crippen LogP contribution in [0, 0.1) is 5.41 Å². The van der Waals surface area contributed by atoms with Gasteiger partial charge in [-0.15, -0.1) is 0 Å². The van der Waals surface area contributed by atoms with Crippen LogP contribution in [0.4, 0.5) is 0 Å². The molecule has 0 aliphatic heterocycles. The minimum Gasteiger partial charge on any atom is -0.303 e. The van der Waals surface area contributed by atoms with Gasteiger partial charge in [-0.3, -0.25) is 4.79 Å². The normalized spacial score (nSPS) is 13.2. The van der Waals surface area contributed by atoms with Gasteiger partial charge in [0.2, 0.25) is 0 Å². The van der Waals surface area contributed by atoms with Gasteiger partial charge in [0.05, 0.1) is 0 Å². The third-order valence-electron chi connectivity index (χ3n) is 2.59. The summed E-state index contributed by atoms with van der Waals surface area (Å²) in [4.78, 5) is 22.9. The summed E-state index contributed by atoms with van der Waals surface area (Å²) in [5, 5.41) is 0. The van der Waals surface area contributed by atoms with Crippen LogP contribution < -0.4 is 0 Å². The van der Waals surface area contributed by atoms with Crippen LogP contribution in [0.5, 0.6) is 0 Å². The molecule has 1 aromatic carbocycles. The van der Waals surface area contributed by atoms with Gasteiger partial charge in [-0.1, -0.05) is 51.1 Å². The molecular formula is C14H18O2. The van der Waals surface area contributed by atoms with E-state index in [0.29, 0.717) is 0 Å². The highest BCUT2D eigenvalue weighted by Gasteiger charge is 2.30. The van der Waals surface area contributed by atoms with Crippen molar-refractivity contribution in [2.24, 2.45) is 5.41 Å². The number of ketones is 1. The maximum atomic E-state index is 12.2. The fourth-order valence-electron chi connectivity index (χ4n) is 1.70. The molecule has 1 atom stereocenters. The third kappa shape index (κ3) is 3.02. The van der Waals surface area contributed by atoms with Crippen LogP contribution >= 0.6 is 0 Å². The van der Waals surface area contributed by atoms with Gasteiger partial charge < -0.3 is 4.79 Å². The fourth-order valence-corrected chi connectivity index (χ4v) is 1.70. The van der Waals surface area contributed by atoms with Crippen molar-refractivity contribution in [1.29, 1.82) is 0 Å². The molecule has 16 heavy (non-hydrogen) atoms. The van der Waals surface area contributed by atoms with Gasteiger partial charge >= 0.3 is 0 Å². The zero-order chi connectivity index (χ0) is 12.2. The molecule has 0 aliphatic carbocycles. The predicted molar refractivity (Wildman–Crippen MR) is 64.3 cm³/mol. The molecule has 0 bridgehead atoms. The predicted octanol–water partition coefficient (Wildman–Crippen LogP) is 2.97. The Bertz CT molecular complexity index is 360. The summed E-state index contributed by atoms with van der Waals surface area (Å²) in [6, 6.07) is 9.49. The molecule has 0 amide bonds. The van der Waals surface area contributed by atoms with Gasteiger partial charge in [0.1, 0.15) is 12.1 Å². The van der Waals surface area contributed by atoms with Crippen molar-refractivity contribution < 1.29 is 9.59 Å². The number of hydrogen-bond acceptors (Lipinski definition) is 2. The number of hydrogen-bond donors (Lipinski definition) is 0. The molecular weight excluding hydrogens is 200 g/mol. The summed E-state index contributed by atoms with van der Waals surface area (Å²) < 4.78 is 0. The van der Waals surface area contributed by atoms with Gasteiger partial charge in [0, 0.05) is 17.8 Å². The van der Waals surface area contributed by atoms with E-state index in [4.69, 9.17) is 0 Å². The van der Waals surface area contributed by atoms with Crippen LogP contribution in [0.3, 0.4) is 0 Å². The highest BCUT2D eigenvalue weighted by atomic mass is 16.1. The van der Waals surface area contributed by atoms with Crippen molar-refractivity contribution in [3.63, 3.8) is 0 Å². The van der Waals surface area contributed by atoms with Crippen molar-refractivity contribution in [1.82, 2.24) is 0 Å². The monoisotopic (exact) mass is 218 g/mol. The van der Waals surface area contributed by atoms with Crippen molar-refractivity contribution in [2.45, 2.75) is 33.1 Å². The van der Waals surface area contributed by atoms with Gasteiger partial charge in [0.25, 0.3) is 0 Å². The maximum Gasteiger partial charge on any atom is 0.146 e. The summed E-state index contributed by atoms with van der Waals surface area (Å²) in [5.74, 6) is -0.190. The Kier molecular flexibility index (Phi) is 3.99. The highest BCUT2D eigenvalue weighted by Crippen LogP contribution is 2.29. The Morgan fingerprint density at radius 1 is 1.25 bits per heavy atom. The van der Waals surface area contributed by atoms with Gasteiger partial charge in [0.15, 0.2) is 0 Å². The lowest BCUT2D eigenvalue weighted by molar-refractivity contribution is -0.129. The molecule has 0 heterocycles. The number of Topliss-reactive ketones (excluding diaryl/α,β-unsaturated/α-hetero) is 1. The number of carbonyl (C=O) groups excluding carboxylic acids is 2. The minimum atomic E-state index is -0.413. The smallest absolute Gasteiger partial charge is 0.146 e. The molecule has 2 heteroatoms. The molecule has 0 unspecified atom stereocenters. The first-order valence-corrected chi connectivity index (χ1v) is 5.49. The summed E-state index contributed by atoms with van der Waals surface area (Å²) in [5.41, 5.74) is 0.512. The van der Waals surface area contributed by atoms with Crippen LogP contribution in [-0.4, -0.2) is 12.1 Å². The van der Waals surface area contributed by atoms with Crippen LogP contribution in [0.25, 0.3) is 0 Å². The first kappa shape index (κ1) is 12.6. The summed E-state index contributed by atoms with van der Waals surface area (Å²) in [6.45, 7) is 5.65. The van der Waals surface area contributed by atoms with E-state index < -0.39 is 5.41 Å². The minimum absolute atomic E-state index is 0.116. The average Bonchev–Trinajstić information content (AvgIpc) is 2.25. The van der Waals surface area contributed by atoms with E-state index in [-0.39, 0.29) is 18.1 Å². The summed E-state index contributed by atoms with van der Waals surface area (Å²) in [6.07, 6.45) is 1.08. The summed E-state index contributed by atoms with van der Waals surface area (Å²) >= 11 is 0. The van der Waals surface area contributed by atoms with Gasteiger partial charge in [-0.05, 0) is 5.56 Å². The lowest BCUT2D eigenvalue weighted by Crippen LogP contribution is -2.27. The Labute approximate surface area is 96.7 Å². The topological polar surface area (TPSA) is 34.1 Å². The molecule has 0 spiro atoms. The first-order chi connectivity index (χ1) is 7.46. The van der Waals surface area contributed by atoms with E-state index in [0.717, 1.165) is 11.8 Å². The molecule has 0 aromatic heterocycles. The van der Waals surface area contributed by atoms with E-state index in [1.807, 2.05) is 51.1 Å². The van der Waals surface area contributed by atoms with E-state index in [1.54, 1.807) is 0 Å². The van der Waals surface area contributed by atoms with E-state index in [2.05, 4.69) is 0 Å². The van der Waals surface area contributed by atoms with Crippen LogP contribution in [0.15, 0.2) is 30.3 Å². The number of carbonyl (C=O) groups is 2. The second-order valence-electron chi connectivity index (χ2n) is 4.98. The Morgan fingerprint density at radius 3 is 2.25 bits per heavy atom. The second kappa shape index (κ2) is 5.06. The largest absolute Gasteiger partial charge is 0.303 e. The lowest BCUT2D eigenvalue weighted by Gasteiger charge is -2.23. The van der Waals surface area contributed by atoms with E-state index in [1.165, 1.54) is 0 Å². The molecule has 2 nitrogen and oxygen atoms in total. The lowest BCUT2D eigenvalue weighted by atomic mass is 9.79. The SMILES string of the molecule is CC(C)(C)C(=O)[C@@H](CC=O)c1ccccc1. The molecule has 0 radical (unpaired) electrons. The van der Waals surface area contributed by atoms with Crippen molar-refractivity contribution in [3.8, 4) is 0 Å². The molecule has 0 aliphatic rings. The van der Waals surface area contributed by atoms with E-state index >= 15 is 0 Å². The summed E-state index contributed by atoms with van der Waals surface area (Å²) in [7, 11) is 0. The Hall–Kier alpha value is -1.44. The second-order valence-corrected chi connectivity index (χ2v) is 4.98. The zero-order valence-electron chi connectivity index (χ0n) is 10.1. The standard InChI is InChI=1S/C14H18O2/c1-14(2,3)13(16)12(9-10-15)11-7-5-4-6-8-11/h4-8,10,12H,9H2,1-3H3/t12-/m0/s1. The highest BCUT2D eigenvalue weighted by molar-refractivity contribution is 5.91. The van der Waals surface area contributed by atoms with Crippen LogP contribution in [-0.2, 0) is 9.59 Å². The Balaban J connectivity index is 3.01. The molecule has 0 N–H and O–H groups in total. The van der Waals surface area contributed by atoms with Crippen molar-refractivity contribution in [3.05, 3.63) is 35.9 Å². The molecule has 0 saturated carbocycles. The van der Waals surface area contributed by atoms with E-state index in [9.17, 15) is 9.59 Å². The fraction of sp³-hybridized carbons (Fsp3) is 0.429. The Morgan fingerprint density at radius 2 is 1.81 bits per heavy atom. The molecule has 0 saturated heterocycles. The van der Waals surface area contributed by atoms with Crippen LogP contribution in [0.1, 0.15) is 38.7 Å². The maximum absolute atomic E-state index is 12.2. The van der Waals surface area contributed by atoms with Crippen molar-refractivity contribution >= 4 is 12.1 Å². The third-order valence-corrected chi connectivity index (χ3v) is 2.59. The van der Waals surface area contributed by atoms with Crippen molar-refractivity contribution in [2.75, 3.05) is 0 Å². The van der Waals surface area contributed by atoms with Crippen LogP contribution in [0.2, 0.25) is 0 Å². The zero-order valence-corrected chi connectivity index (χ0v) is 10.1. The number of benzene rings is 1.